The van der Waals surface area contributed by atoms with Crippen LogP contribution >= 0.6 is 0 Å². The van der Waals surface area contributed by atoms with Crippen LogP contribution in [0.3, 0.4) is 0 Å². The van der Waals surface area contributed by atoms with Crippen LogP contribution in [-0.4, -0.2) is 22.7 Å². The number of para-hydroxylation sites is 1. The molecular formula is C17H21N3O3. The quantitative estimate of drug-likeness (QED) is 0.886. The number of nitrogens with zero attached hydrogens (tertiary/aromatic N) is 2. The highest BCUT2D eigenvalue weighted by Gasteiger charge is 2.22. The maximum absolute atomic E-state index is 12.2. The minimum absolute atomic E-state index is 0.00536. The Hall–Kier alpha value is -2.37. The Morgan fingerprint density at radius 1 is 1.35 bits per heavy atom. The van der Waals surface area contributed by atoms with Crippen molar-refractivity contribution in [3.63, 3.8) is 0 Å². The summed E-state index contributed by atoms with van der Waals surface area (Å²) in [6.07, 6.45) is 3.36. The van der Waals surface area contributed by atoms with Crippen molar-refractivity contribution in [1.29, 1.82) is 0 Å². The highest BCUT2D eigenvalue weighted by atomic mass is 16.5. The van der Waals surface area contributed by atoms with Gasteiger partial charge in [0.1, 0.15) is 5.75 Å². The minimum Gasteiger partial charge on any atom is -0.493 e. The Bertz CT molecular complexity index is 669. The fraction of sp³-hybridized carbons (Fsp3) is 0.471. The van der Waals surface area contributed by atoms with Crippen molar-refractivity contribution in [3.8, 4) is 5.75 Å². The summed E-state index contributed by atoms with van der Waals surface area (Å²) in [5.41, 5.74) is 1.04. The molecule has 0 aliphatic carbocycles. The first-order chi connectivity index (χ1) is 11.3. The lowest BCUT2D eigenvalue weighted by molar-refractivity contribution is -0.122. The largest absolute Gasteiger partial charge is 0.493 e. The summed E-state index contributed by atoms with van der Waals surface area (Å²) in [6, 6.07) is 7.83. The van der Waals surface area contributed by atoms with E-state index >= 15 is 0 Å². The summed E-state index contributed by atoms with van der Waals surface area (Å²) in [5, 5.41) is 6.96. The van der Waals surface area contributed by atoms with Gasteiger partial charge in [0, 0.05) is 31.2 Å². The SMILES string of the molecule is CCCc1noc(CCC(=O)N[C@H]2CCOc3ccccc32)n1. The molecule has 0 spiro atoms. The molecule has 1 aromatic carbocycles. The van der Waals surface area contributed by atoms with Crippen molar-refractivity contribution in [3.05, 3.63) is 41.5 Å². The molecule has 0 radical (unpaired) electrons. The smallest absolute Gasteiger partial charge is 0.227 e. The highest BCUT2D eigenvalue weighted by Crippen LogP contribution is 2.31. The zero-order chi connectivity index (χ0) is 16.1. The number of hydrogen-bond acceptors (Lipinski definition) is 5. The fourth-order valence-electron chi connectivity index (χ4n) is 2.70. The third-order valence-electron chi connectivity index (χ3n) is 3.84. The summed E-state index contributed by atoms with van der Waals surface area (Å²) < 4.78 is 10.8. The molecule has 1 aliphatic heterocycles. The Morgan fingerprint density at radius 2 is 2.22 bits per heavy atom. The van der Waals surface area contributed by atoms with Crippen LogP contribution in [-0.2, 0) is 17.6 Å². The maximum atomic E-state index is 12.2. The monoisotopic (exact) mass is 315 g/mol. The van der Waals surface area contributed by atoms with Gasteiger partial charge in [-0.25, -0.2) is 0 Å². The Labute approximate surface area is 135 Å². The molecule has 3 rings (SSSR count). The summed E-state index contributed by atoms with van der Waals surface area (Å²) in [4.78, 5) is 16.5. The van der Waals surface area contributed by atoms with Crippen molar-refractivity contribution in [2.75, 3.05) is 6.61 Å². The van der Waals surface area contributed by atoms with Gasteiger partial charge in [0.05, 0.1) is 12.6 Å². The second kappa shape index (κ2) is 7.26. The first-order valence-electron chi connectivity index (χ1n) is 8.09. The van der Waals surface area contributed by atoms with E-state index in [0.29, 0.717) is 31.2 Å². The van der Waals surface area contributed by atoms with Crippen LogP contribution in [0.4, 0.5) is 0 Å². The molecule has 1 aromatic heterocycles. The third kappa shape index (κ3) is 3.88. The molecule has 1 atom stereocenters. The highest BCUT2D eigenvalue weighted by molar-refractivity contribution is 5.76. The normalized spacial score (nSPS) is 16.5. The van der Waals surface area contributed by atoms with Crippen LogP contribution in [0.5, 0.6) is 5.75 Å². The summed E-state index contributed by atoms with van der Waals surface area (Å²) in [5.74, 6) is 2.07. The zero-order valence-electron chi connectivity index (χ0n) is 13.2. The lowest BCUT2D eigenvalue weighted by Gasteiger charge is -2.26. The number of aromatic nitrogens is 2. The van der Waals surface area contributed by atoms with E-state index < -0.39 is 0 Å². The van der Waals surface area contributed by atoms with E-state index in [4.69, 9.17) is 9.26 Å². The second-order valence-corrected chi connectivity index (χ2v) is 5.65. The van der Waals surface area contributed by atoms with Crippen LogP contribution < -0.4 is 10.1 Å². The maximum Gasteiger partial charge on any atom is 0.227 e. The lowest BCUT2D eigenvalue weighted by Crippen LogP contribution is -2.32. The van der Waals surface area contributed by atoms with Crippen molar-refractivity contribution in [2.45, 2.75) is 45.1 Å². The van der Waals surface area contributed by atoms with Gasteiger partial charge in [-0.05, 0) is 12.5 Å². The zero-order valence-corrected chi connectivity index (χ0v) is 13.2. The molecule has 2 aromatic rings. The first-order valence-corrected chi connectivity index (χ1v) is 8.09. The van der Waals surface area contributed by atoms with E-state index in [2.05, 4.69) is 22.4 Å². The van der Waals surface area contributed by atoms with Crippen molar-refractivity contribution in [2.24, 2.45) is 0 Å². The van der Waals surface area contributed by atoms with Crippen molar-refractivity contribution >= 4 is 5.91 Å². The number of carbonyl (C=O) groups is 1. The van der Waals surface area contributed by atoms with E-state index in [9.17, 15) is 4.79 Å². The van der Waals surface area contributed by atoms with E-state index in [1.165, 1.54) is 0 Å². The molecule has 0 saturated carbocycles. The number of amides is 1. The predicted molar refractivity (Wildman–Crippen MR) is 84.1 cm³/mol. The van der Waals surface area contributed by atoms with E-state index in [-0.39, 0.29) is 11.9 Å². The van der Waals surface area contributed by atoms with E-state index in [1.54, 1.807) is 0 Å². The number of aryl methyl sites for hydroxylation is 2. The first kappa shape index (κ1) is 15.5. The average Bonchev–Trinajstić information content (AvgIpc) is 3.01. The molecule has 1 amide bonds. The van der Waals surface area contributed by atoms with Gasteiger partial charge in [-0.15, -0.1) is 0 Å². The number of ether oxygens (including phenoxy) is 1. The summed E-state index contributed by atoms with van der Waals surface area (Å²) in [7, 11) is 0. The van der Waals surface area contributed by atoms with Crippen LogP contribution in [0.1, 0.15) is 49.5 Å². The van der Waals surface area contributed by atoms with Gasteiger partial charge in [0.2, 0.25) is 11.8 Å². The van der Waals surface area contributed by atoms with Crippen molar-refractivity contribution < 1.29 is 14.1 Å². The van der Waals surface area contributed by atoms with Gasteiger partial charge < -0.3 is 14.6 Å². The molecule has 6 nitrogen and oxygen atoms in total. The summed E-state index contributed by atoms with van der Waals surface area (Å²) in [6.45, 7) is 2.68. The molecule has 0 fully saturated rings. The number of rotatable bonds is 6. The Kier molecular flexibility index (Phi) is 4.90. The van der Waals surface area contributed by atoms with E-state index in [1.807, 2.05) is 24.3 Å². The number of carbonyl (C=O) groups excluding carboxylic acids is 1. The number of hydrogen-bond donors (Lipinski definition) is 1. The standard InChI is InChI=1S/C17H21N3O3/c1-2-5-15-19-17(23-20-15)9-8-16(21)18-13-10-11-22-14-7-4-3-6-12(13)14/h3-4,6-7,13H,2,5,8-11H2,1H3,(H,18,21)/t13-/m0/s1. The van der Waals surface area contributed by atoms with Crippen LogP contribution in [0.25, 0.3) is 0 Å². The lowest BCUT2D eigenvalue weighted by atomic mass is 10.0. The molecule has 0 unspecified atom stereocenters. The van der Waals surface area contributed by atoms with Crippen LogP contribution in [0, 0.1) is 0 Å². The van der Waals surface area contributed by atoms with Gasteiger partial charge in [0.25, 0.3) is 0 Å². The van der Waals surface area contributed by atoms with Gasteiger partial charge in [-0.2, -0.15) is 4.98 Å². The Morgan fingerprint density at radius 3 is 3.09 bits per heavy atom. The summed E-state index contributed by atoms with van der Waals surface area (Å²) >= 11 is 0. The minimum atomic E-state index is -0.0121. The molecule has 0 bridgehead atoms. The van der Waals surface area contributed by atoms with Gasteiger partial charge in [-0.1, -0.05) is 30.3 Å². The second-order valence-electron chi connectivity index (χ2n) is 5.65. The average molecular weight is 315 g/mol. The van der Waals surface area contributed by atoms with E-state index in [0.717, 1.165) is 30.6 Å². The topological polar surface area (TPSA) is 77.2 Å². The molecular weight excluding hydrogens is 294 g/mol. The molecule has 2 heterocycles. The molecule has 23 heavy (non-hydrogen) atoms. The van der Waals surface area contributed by atoms with Crippen LogP contribution in [0.2, 0.25) is 0 Å². The number of fused-ring (bicyclic) bond motifs is 1. The number of benzene rings is 1. The molecule has 122 valence electrons. The molecule has 1 aliphatic rings. The van der Waals surface area contributed by atoms with Gasteiger partial charge >= 0.3 is 0 Å². The Balaban J connectivity index is 1.53. The predicted octanol–water partition coefficient (Wildman–Crippen LogP) is 2.59. The fourth-order valence-corrected chi connectivity index (χ4v) is 2.70. The molecule has 0 saturated heterocycles. The van der Waals surface area contributed by atoms with Crippen LogP contribution in [0.15, 0.2) is 28.8 Å². The molecule has 6 heteroatoms. The van der Waals surface area contributed by atoms with Gasteiger partial charge in [-0.3, -0.25) is 4.79 Å². The van der Waals surface area contributed by atoms with Crippen molar-refractivity contribution in [1.82, 2.24) is 15.5 Å². The molecule has 1 N–H and O–H groups in total. The van der Waals surface area contributed by atoms with Gasteiger partial charge in [0.15, 0.2) is 5.82 Å². The number of nitrogens with one attached hydrogen (secondary N) is 1. The third-order valence-corrected chi connectivity index (χ3v) is 3.84.